The van der Waals surface area contributed by atoms with Crippen molar-refractivity contribution in [2.75, 3.05) is 0 Å². The first-order valence-corrected chi connectivity index (χ1v) is 6.56. The third kappa shape index (κ3) is 5.00. The van der Waals surface area contributed by atoms with Crippen molar-refractivity contribution in [2.24, 2.45) is 5.73 Å². The fourth-order valence-corrected chi connectivity index (χ4v) is 1.66. The van der Waals surface area contributed by atoms with Gasteiger partial charge in [-0.2, -0.15) is 0 Å². The highest BCUT2D eigenvalue weighted by Crippen LogP contribution is 2.12. The minimum atomic E-state index is -1.10. The van der Waals surface area contributed by atoms with Gasteiger partial charge in [0.15, 0.2) is 0 Å². The normalized spacial score (nSPS) is 12.8. The van der Waals surface area contributed by atoms with Crippen LogP contribution in [0.3, 0.4) is 0 Å². The average Bonchev–Trinajstić information content (AvgIpc) is 2.29. The summed E-state index contributed by atoms with van der Waals surface area (Å²) in [5.74, 6) is -1.57. The summed E-state index contributed by atoms with van der Waals surface area (Å²) in [6, 6.07) is 6.27. The molecule has 0 spiro atoms. The van der Waals surface area contributed by atoms with E-state index in [0.29, 0.717) is 0 Å². The standard InChI is InChI=1S/C13H17BrN2O3/c1-13(2,15)12(19)16-10(11(17)18)7-8-3-5-9(14)6-4-8/h3-6,10H,7,15H2,1-2H3,(H,16,19)(H,17,18)/t10-/m0/s1. The molecule has 0 aliphatic carbocycles. The van der Waals surface area contributed by atoms with Gasteiger partial charge in [-0.15, -0.1) is 0 Å². The molecule has 5 nitrogen and oxygen atoms in total. The van der Waals surface area contributed by atoms with Gasteiger partial charge in [0.1, 0.15) is 6.04 Å². The minimum Gasteiger partial charge on any atom is -0.480 e. The third-order valence-corrected chi connectivity index (χ3v) is 3.07. The zero-order valence-electron chi connectivity index (χ0n) is 10.8. The molecule has 0 saturated carbocycles. The van der Waals surface area contributed by atoms with E-state index in [9.17, 15) is 9.59 Å². The van der Waals surface area contributed by atoms with Gasteiger partial charge in [-0.3, -0.25) is 4.79 Å². The molecule has 0 fully saturated rings. The number of amides is 1. The van der Waals surface area contributed by atoms with Crippen LogP contribution in [0.15, 0.2) is 28.7 Å². The number of nitrogens with two attached hydrogens (primary N) is 1. The fraction of sp³-hybridized carbons (Fsp3) is 0.385. The Balaban J connectivity index is 2.77. The monoisotopic (exact) mass is 328 g/mol. The number of hydrogen-bond acceptors (Lipinski definition) is 3. The molecular formula is C13H17BrN2O3. The molecule has 0 aromatic heterocycles. The highest BCUT2D eigenvalue weighted by atomic mass is 79.9. The number of carboxylic acids is 1. The second-order valence-electron chi connectivity index (χ2n) is 4.92. The quantitative estimate of drug-likeness (QED) is 0.759. The Labute approximate surface area is 120 Å². The molecule has 0 heterocycles. The van der Waals surface area contributed by atoms with E-state index in [1.807, 2.05) is 12.1 Å². The van der Waals surface area contributed by atoms with Gasteiger partial charge in [0.05, 0.1) is 5.54 Å². The van der Waals surface area contributed by atoms with Crippen LogP contribution in [0, 0.1) is 0 Å². The van der Waals surface area contributed by atoms with Crippen molar-refractivity contribution >= 4 is 27.8 Å². The van der Waals surface area contributed by atoms with Gasteiger partial charge < -0.3 is 16.2 Å². The van der Waals surface area contributed by atoms with Crippen molar-refractivity contribution < 1.29 is 14.7 Å². The van der Waals surface area contributed by atoms with Crippen molar-refractivity contribution in [3.63, 3.8) is 0 Å². The maximum Gasteiger partial charge on any atom is 0.326 e. The van der Waals surface area contributed by atoms with Crippen LogP contribution in [0.25, 0.3) is 0 Å². The van der Waals surface area contributed by atoms with E-state index in [1.54, 1.807) is 12.1 Å². The Kier molecular flexibility index (Phi) is 5.08. The third-order valence-electron chi connectivity index (χ3n) is 2.54. The second kappa shape index (κ2) is 6.16. The Morgan fingerprint density at radius 3 is 2.32 bits per heavy atom. The number of carboxylic acid groups (broad SMARTS) is 1. The first-order chi connectivity index (χ1) is 8.70. The van der Waals surface area contributed by atoms with Gasteiger partial charge >= 0.3 is 5.97 Å². The molecule has 0 radical (unpaired) electrons. The molecule has 4 N–H and O–H groups in total. The molecule has 0 saturated heterocycles. The van der Waals surface area contributed by atoms with E-state index in [2.05, 4.69) is 21.2 Å². The predicted octanol–water partition coefficient (Wildman–Crippen LogP) is 1.30. The molecule has 1 rings (SSSR count). The van der Waals surface area contributed by atoms with E-state index >= 15 is 0 Å². The van der Waals surface area contributed by atoms with Crippen LogP contribution in [0.5, 0.6) is 0 Å². The van der Waals surface area contributed by atoms with Crippen LogP contribution in [0.4, 0.5) is 0 Å². The first kappa shape index (κ1) is 15.7. The van der Waals surface area contributed by atoms with Crippen molar-refractivity contribution in [1.29, 1.82) is 0 Å². The van der Waals surface area contributed by atoms with Crippen LogP contribution in [0.2, 0.25) is 0 Å². The van der Waals surface area contributed by atoms with Crippen molar-refractivity contribution in [3.8, 4) is 0 Å². The number of benzene rings is 1. The van der Waals surface area contributed by atoms with Crippen LogP contribution in [-0.4, -0.2) is 28.6 Å². The Morgan fingerprint density at radius 1 is 1.37 bits per heavy atom. The summed E-state index contributed by atoms with van der Waals surface area (Å²) in [5.41, 5.74) is 5.35. The number of aliphatic carboxylic acids is 1. The van der Waals surface area contributed by atoms with Gasteiger partial charge in [0.2, 0.25) is 5.91 Å². The lowest BCUT2D eigenvalue weighted by Crippen LogP contribution is -2.54. The summed E-state index contributed by atoms with van der Waals surface area (Å²) in [6.07, 6.45) is 0.213. The molecule has 0 aliphatic rings. The Morgan fingerprint density at radius 2 is 1.89 bits per heavy atom. The van der Waals surface area contributed by atoms with E-state index in [4.69, 9.17) is 10.8 Å². The summed E-state index contributed by atoms with van der Waals surface area (Å²) in [4.78, 5) is 22.9. The number of halogens is 1. The minimum absolute atomic E-state index is 0.213. The zero-order chi connectivity index (χ0) is 14.6. The topological polar surface area (TPSA) is 92.4 Å². The number of rotatable bonds is 5. The molecule has 19 heavy (non-hydrogen) atoms. The molecule has 6 heteroatoms. The summed E-state index contributed by atoms with van der Waals surface area (Å²) in [7, 11) is 0. The van der Waals surface area contributed by atoms with E-state index in [1.165, 1.54) is 13.8 Å². The molecule has 0 unspecified atom stereocenters. The summed E-state index contributed by atoms with van der Waals surface area (Å²) >= 11 is 3.30. The molecule has 1 amide bonds. The lowest BCUT2D eigenvalue weighted by atomic mass is 10.0. The van der Waals surface area contributed by atoms with E-state index in [-0.39, 0.29) is 6.42 Å². The highest BCUT2D eigenvalue weighted by Gasteiger charge is 2.27. The van der Waals surface area contributed by atoms with Crippen LogP contribution in [-0.2, 0) is 16.0 Å². The second-order valence-corrected chi connectivity index (χ2v) is 5.83. The Hall–Kier alpha value is -1.40. The highest BCUT2D eigenvalue weighted by molar-refractivity contribution is 9.10. The SMILES string of the molecule is CC(C)(N)C(=O)N[C@@H](Cc1ccc(Br)cc1)C(=O)O. The molecule has 0 bridgehead atoms. The number of carbonyl (C=O) groups is 2. The van der Waals surface area contributed by atoms with Crippen molar-refractivity contribution in [1.82, 2.24) is 5.32 Å². The van der Waals surface area contributed by atoms with E-state index < -0.39 is 23.5 Å². The van der Waals surface area contributed by atoms with Gasteiger partial charge in [-0.05, 0) is 31.5 Å². The lowest BCUT2D eigenvalue weighted by molar-refractivity contribution is -0.142. The number of hydrogen-bond donors (Lipinski definition) is 3. The first-order valence-electron chi connectivity index (χ1n) is 5.77. The molecule has 1 atom stereocenters. The molecule has 1 aromatic carbocycles. The molecular weight excluding hydrogens is 312 g/mol. The van der Waals surface area contributed by atoms with Gasteiger partial charge in [-0.1, -0.05) is 28.1 Å². The smallest absolute Gasteiger partial charge is 0.326 e. The zero-order valence-corrected chi connectivity index (χ0v) is 12.4. The maximum atomic E-state index is 11.7. The largest absolute Gasteiger partial charge is 0.480 e. The van der Waals surface area contributed by atoms with Gasteiger partial charge in [-0.25, -0.2) is 4.79 Å². The molecule has 0 aliphatic heterocycles. The van der Waals surface area contributed by atoms with Crippen LogP contribution in [0.1, 0.15) is 19.4 Å². The fourth-order valence-electron chi connectivity index (χ4n) is 1.40. The van der Waals surface area contributed by atoms with Crippen molar-refractivity contribution in [2.45, 2.75) is 31.8 Å². The maximum absolute atomic E-state index is 11.7. The summed E-state index contributed by atoms with van der Waals surface area (Å²) in [5, 5.41) is 11.6. The average molecular weight is 329 g/mol. The summed E-state index contributed by atoms with van der Waals surface area (Å²) < 4.78 is 0.912. The molecule has 104 valence electrons. The number of nitrogens with one attached hydrogen (secondary N) is 1. The Bertz CT molecular complexity index is 466. The number of carbonyl (C=O) groups excluding carboxylic acids is 1. The van der Waals surface area contributed by atoms with Crippen molar-refractivity contribution in [3.05, 3.63) is 34.3 Å². The summed E-state index contributed by atoms with van der Waals surface area (Å²) in [6.45, 7) is 3.06. The lowest BCUT2D eigenvalue weighted by Gasteiger charge is -2.22. The van der Waals surface area contributed by atoms with Gasteiger partial charge in [0, 0.05) is 10.9 Å². The predicted molar refractivity (Wildman–Crippen MR) is 75.7 cm³/mol. The van der Waals surface area contributed by atoms with Crippen LogP contribution >= 0.6 is 15.9 Å². The molecule has 1 aromatic rings. The van der Waals surface area contributed by atoms with Crippen LogP contribution < -0.4 is 11.1 Å². The van der Waals surface area contributed by atoms with E-state index in [0.717, 1.165) is 10.0 Å². The van der Waals surface area contributed by atoms with Gasteiger partial charge in [0.25, 0.3) is 0 Å².